The summed E-state index contributed by atoms with van der Waals surface area (Å²) in [4.78, 5) is 4.37. The van der Waals surface area contributed by atoms with Crippen molar-refractivity contribution >= 4 is 16.6 Å². The second-order valence-electron chi connectivity index (χ2n) is 4.47. The molecule has 0 atom stereocenters. The minimum Gasteiger partial charge on any atom is -0.489 e. The van der Waals surface area contributed by atoms with Gasteiger partial charge >= 0.3 is 0 Å². The first-order valence-electron chi connectivity index (χ1n) is 6.69. The Kier molecular flexibility index (Phi) is 3.78. The first kappa shape index (κ1) is 12.5. The molecule has 0 radical (unpaired) electrons. The molecule has 0 saturated carbocycles. The molecular weight excluding hydrogens is 248 g/mol. The molecule has 3 aromatic rings. The Morgan fingerprint density at radius 2 is 1.75 bits per heavy atom. The van der Waals surface area contributed by atoms with Gasteiger partial charge in [-0.3, -0.25) is 4.98 Å². The maximum Gasteiger partial charge on any atom is 0.145 e. The number of anilines is 1. The van der Waals surface area contributed by atoms with Crippen LogP contribution in [0.15, 0.2) is 66.9 Å². The normalized spacial score (nSPS) is 10.4. The first-order chi connectivity index (χ1) is 9.93. The molecule has 0 amide bonds. The predicted molar refractivity (Wildman–Crippen MR) is 82.2 cm³/mol. The Labute approximate surface area is 118 Å². The van der Waals surface area contributed by atoms with Gasteiger partial charge in [0, 0.05) is 23.8 Å². The summed E-state index contributed by atoms with van der Waals surface area (Å²) in [5.74, 6) is 0.831. The van der Waals surface area contributed by atoms with Gasteiger partial charge in [0.1, 0.15) is 17.9 Å². The Bertz CT molecular complexity index is 677. The van der Waals surface area contributed by atoms with E-state index in [9.17, 15) is 0 Å². The number of aromatic nitrogens is 1. The number of para-hydroxylation sites is 2. The Hall–Kier alpha value is -2.55. The molecule has 1 heterocycles. The highest BCUT2D eigenvalue weighted by molar-refractivity contribution is 5.84. The lowest BCUT2D eigenvalue weighted by Crippen LogP contribution is -2.11. The van der Waals surface area contributed by atoms with Crippen LogP contribution in [0.25, 0.3) is 10.9 Å². The van der Waals surface area contributed by atoms with Crippen LogP contribution in [0.2, 0.25) is 0 Å². The van der Waals surface area contributed by atoms with E-state index in [0.717, 1.165) is 28.9 Å². The van der Waals surface area contributed by atoms with Gasteiger partial charge in [0.05, 0.1) is 0 Å². The van der Waals surface area contributed by atoms with Crippen LogP contribution < -0.4 is 10.1 Å². The van der Waals surface area contributed by atoms with Crippen molar-refractivity contribution in [2.75, 3.05) is 18.5 Å². The number of nitrogens with zero attached hydrogens (tertiary/aromatic N) is 1. The molecule has 3 heteroatoms. The van der Waals surface area contributed by atoms with Crippen molar-refractivity contribution < 1.29 is 4.74 Å². The van der Waals surface area contributed by atoms with E-state index < -0.39 is 0 Å². The summed E-state index contributed by atoms with van der Waals surface area (Å²) in [5, 5.41) is 4.42. The van der Waals surface area contributed by atoms with Crippen molar-refractivity contribution in [3.8, 4) is 5.75 Å². The van der Waals surface area contributed by atoms with E-state index in [-0.39, 0.29) is 0 Å². The van der Waals surface area contributed by atoms with Gasteiger partial charge in [0.15, 0.2) is 0 Å². The minimum atomic E-state index is 0.602. The molecule has 0 bridgehead atoms. The Morgan fingerprint density at radius 3 is 2.65 bits per heavy atom. The lowest BCUT2D eigenvalue weighted by molar-refractivity contribution is 0.336. The highest BCUT2D eigenvalue weighted by Crippen LogP contribution is 2.22. The van der Waals surface area contributed by atoms with Gasteiger partial charge < -0.3 is 10.1 Å². The highest BCUT2D eigenvalue weighted by atomic mass is 16.5. The number of hydrogen-bond acceptors (Lipinski definition) is 3. The van der Waals surface area contributed by atoms with Crippen LogP contribution in [-0.4, -0.2) is 18.1 Å². The molecule has 20 heavy (non-hydrogen) atoms. The van der Waals surface area contributed by atoms with Crippen LogP contribution >= 0.6 is 0 Å². The SMILES string of the molecule is c1ccc(NCCOc2cccc3cccnc23)cc1. The van der Waals surface area contributed by atoms with E-state index in [2.05, 4.69) is 10.3 Å². The van der Waals surface area contributed by atoms with E-state index >= 15 is 0 Å². The zero-order valence-electron chi connectivity index (χ0n) is 11.1. The maximum atomic E-state index is 5.82. The molecule has 100 valence electrons. The number of hydrogen-bond donors (Lipinski definition) is 1. The van der Waals surface area contributed by atoms with Crippen LogP contribution in [0.5, 0.6) is 5.75 Å². The lowest BCUT2D eigenvalue weighted by atomic mass is 10.2. The fraction of sp³-hybridized carbons (Fsp3) is 0.118. The minimum absolute atomic E-state index is 0.602. The monoisotopic (exact) mass is 264 g/mol. The number of fused-ring (bicyclic) bond motifs is 1. The molecule has 0 fully saturated rings. The summed E-state index contributed by atoms with van der Waals surface area (Å²) in [6.07, 6.45) is 1.79. The highest BCUT2D eigenvalue weighted by Gasteiger charge is 2.01. The van der Waals surface area contributed by atoms with Crippen LogP contribution in [-0.2, 0) is 0 Å². The van der Waals surface area contributed by atoms with Gasteiger partial charge in [-0.05, 0) is 24.3 Å². The zero-order valence-corrected chi connectivity index (χ0v) is 11.1. The standard InChI is InChI=1S/C17H16N2O/c1-2-8-15(9-3-1)18-12-13-20-16-10-4-6-14-7-5-11-19-17(14)16/h1-11,18H,12-13H2. The van der Waals surface area contributed by atoms with Gasteiger partial charge in [-0.25, -0.2) is 0 Å². The predicted octanol–water partition coefficient (Wildman–Crippen LogP) is 3.73. The molecular formula is C17H16N2O. The molecule has 1 aromatic heterocycles. The smallest absolute Gasteiger partial charge is 0.145 e. The Morgan fingerprint density at radius 1 is 0.900 bits per heavy atom. The number of rotatable bonds is 5. The summed E-state index contributed by atoms with van der Waals surface area (Å²) in [6.45, 7) is 1.36. The second-order valence-corrected chi connectivity index (χ2v) is 4.47. The van der Waals surface area contributed by atoms with Gasteiger partial charge in [-0.15, -0.1) is 0 Å². The largest absolute Gasteiger partial charge is 0.489 e. The van der Waals surface area contributed by atoms with E-state index in [1.807, 2.05) is 60.7 Å². The second kappa shape index (κ2) is 6.06. The number of nitrogens with one attached hydrogen (secondary N) is 1. The summed E-state index contributed by atoms with van der Waals surface area (Å²) in [5.41, 5.74) is 2.02. The average molecular weight is 264 g/mol. The molecule has 1 N–H and O–H groups in total. The fourth-order valence-corrected chi connectivity index (χ4v) is 2.11. The van der Waals surface area contributed by atoms with Crippen LogP contribution in [0.3, 0.4) is 0 Å². The first-order valence-corrected chi connectivity index (χ1v) is 6.69. The van der Waals surface area contributed by atoms with Gasteiger partial charge in [-0.1, -0.05) is 36.4 Å². The van der Waals surface area contributed by atoms with Crippen LogP contribution in [0, 0.1) is 0 Å². The topological polar surface area (TPSA) is 34.1 Å². The molecule has 0 saturated heterocycles. The van der Waals surface area contributed by atoms with Crippen LogP contribution in [0.1, 0.15) is 0 Å². The maximum absolute atomic E-state index is 5.82. The molecule has 2 aromatic carbocycles. The van der Waals surface area contributed by atoms with Crippen molar-refractivity contribution in [3.63, 3.8) is 0 Å². The molecule has 0 aliphatic heterocycles. The van der Waals surface area contributed by atoms with Crippen molar-refractivity contribution in [3.05, 3.63) is 66.9 Å². The number of ether oxygens (including phenoxy) is 1. The average Bonchev–Trinajstić information content (AvgIpc) is 2.53. The summed E-state index contributed by atoms with van der Waals surface area (Å²) in [7, 11) is 0. The molecule has 0 aliphatic rings. The molecule has 0 aliphatic carbocycles. The molecule has 0 unspecified atom stereocenters. The van der Waals surface area contributed by atoms with E-state index in [4.69, 9.17) is 4.74 Å². The third-order valence-electron chi connectivity index (χ3n) is 3.06. The van der Waals surface area contributed by atoms with E-state index in [1.165, 1.54) is 0 Å². The van der Waals surface area contributed by atoms with Gasteiger partial charge in [0.2, 0.25) is 0 Å². The summed E-state index contributed by atoms with van der Waals surface area (Å²) >= 11 is 0. The van der Waals surface area contributed by atoms with E-state index in [1.54, 1.807) is 6.20 Å². The molecule has 0 spiro atoms. The van der Waals surface area contributed by atoms with Crippen molar-refractivity contribution in [1.29, 1.82) is 0 Å². The zero-order chi connectivity index (χ0) is 13.6. The quantitative estimate of drug-likeness (QED) is 0.713. The number of benzene rings is 2. The number of pyridine rings is 1. The lowest BCUT2D eigenvalue weighted by Gasteiger charge is -2.10. The van der Waals surface area contributed by atoms with Crippen molar-refractivity contribution in [1.82, 2.24) is 4.98 Å². The summed E-state index contributed by atoms with van der Waals surface area (Å²) in [6, 6.07) is 20.1. The van der Waals surface area contributed by atoms with Gasteiger partial charge in [0.25, 0.3) is 0 Å². The summed E-state index contributed by atoms with van der Waals surface area (Å²) < 4.78 is 5.82. The molecule has 3 nitrogen and oxygen atoms in total. The third-order valence-corrected chi connectivity index (χ3v) is 3.06. The Balaban J connectivity index is 1.60. The van der Waals surface area contributed by atoms with Crippen LogP contribution in [0.4, 0.5) is 5.69 Å². The fourth-order valence-electron chi connectivity index (χ4n) is 2.11. The van der Waals surface area contributed by atoms with Crippen molar-refractivity contribution in [2.24, 2.45) is 0 Å². The van der Waals surface area contributed by atoms with Gasteiger partial charge in [-0.2, -0.15) is 0 Å². The molecule has 3 rings (SSSR count). The third kappa shape index (κ3) is 2.88. The van der Waals surface area contributed by atoms with Crippen molar-refractivity contribution in [2.45, 2.75) is 0 Å². The van der Waals surface area contributed by atoms with E-state index in [0.29, 0.717) is 6.61 Å².